The Morgan fingerprint density at radius 3 is 2.62 bits per heavy atom. The predicted octanol–water partition coefficient (Wildman–Crippen LogP) is 4.85. The minimum Gasteiger partial charge on any atom is -0.372 e. The van der Waals surface area contributed by atoms with Crippen LogP contribution in [-0.2, 0) is 15.7 Å². The first kappa shape index (κ1) is 20.1. The molecule has 3 heterocycles. The molecule has 1 aliphatic carbocycles. The molecule has 1 saturated carbocycles. The molecule has 2 aliphatic rings. The summed E-state index contributed by atoms with van der Waals surface area (Å²) in [6, 6.07) is 2.23. The number of hydrogen-bond acceptors (Lipinski definition) is 4. The molecule has 1 atom stereocenters. The summed E-state index contributed by atoms with van der Waals surface area (Å²) in [6.07, 6.45) is 0.892. The van der Waals surface area contributed by atoms with Gasteiger partial charge in [0.05, 0.1) is 18.1 Å². The highest BCUT2D eigenvalue weighted by Crippen LogP contribution is 2.38. The van der Waals surface area contributed by atoms with Crippen LogP contribution in [0.5, 0.6) is 0 Å². The molecule has 2 aromatic rings. The number of pyridine rings is 1. The maximum atomic E-state index is 13.1. The molecule has 4 rings (SSSR count). The third-order valence-corrected chi connectivity index (χ3v) is 5.72. The van der Waals surface area contributed by atoms with Crippen molar-refractivity contribution >= 4 is 23.0 Å². The van der Waals surface area contributed by atoms with Crippen LogP contribution in [0.2, 0.25) is 0 Å². The molecule has 0 unspecified atom stereocenters. The molecule has 1 amide bonds. The summed E-state index contributed by atoms with van der Waals surface area (Å²) in [4.78, 5) is 20.8. The zero-order valence-electron chi connectivity index (χ0n) is 16.6. The lowest BCUT2D eigenvalue weighted by Gasteiger charge is -2.35. The average molecular weight is 410 g/mol. The van der Waals surface area contributed by atoms with Gasteiger partial charge < -0.3 is 4.74 Å². The second-order valence-corrected chi connectivity index (χ2v) is 8.57. The number of ether oxygens (including phenoxy) is 1. The quantitative estimate of drug-likeness (QED) is 0.782. The van der Waals surface area contributed by atoms with E-state index >= 15 is 0 Å². The molecule has 0 radical (unpaired) electrons. The smallest absolute Gasteiger partial charge is 0.372 e. The highest BCUT2D eigenvalue weighted by Gasteiger charge is 2.35. The summed E-state index contributed by atoms with van der Waals surface area (Å²) in [7, 11) is 0. The number of anilines is 1. The van der Waals surface area contributed by atoms with E-state index in [1.165, 1.54) is 6.07 Å². The maximum absolute atomic E-state index is 13.1. The number of nitrogens with one attached hydrogen (secondary N) is 1. The Morgan fingerprint density at radius 1 is 1.24 bits per heavy atom. The Morgan fingerprint density at radius 2 is 2.00 bits per heavy atom. The number of hydrogen-bond donors (Lipinski definition) is 1. The highest BCUT2D eigenvalue weighted by atomic mass is 19.4. The van der Waals surface area contributed by atoms with Crippen LogP contribution in [0.25, 0.3) is 11.2 Å². The Kier molecular flexibility index (Phi) is 5.04. The molecule has 29 heavy (non-hydrogen) atoms. The third-order valence-electron chi connectivity index (χ3n) is 5.72. The summed E-state index contributed by atoms with van der Waals surface area (Å²) >= 11 is 0. The standard InChI is InChI=1S/C20H25F3N4O2/c1-19(2)10-4-7-13(29-19)11-16(28)26-18-24-14-8-9-15(20(21,22)23)25-17(14)27(18)12-5-3-6-12/h8-9,12-13H,3-7,10-11H2,1-2H3,(H,24,26,28)/t13-/m1/s1. The third kappa shape index (κ3) is 4.24. The largest absolute Gasteiger partial charge is 0.433 e. The number of aromatic nitrogens is 3. The first-order valence-corrected chi connectivity index (χ1v) is 10.1. The first-order valence-electron chi connectivity index (χ1n) is 10.1. The van der Waals surface area contributed by atoms with Crippen LogP contribution in [0.3, 0.4) is 0 Å². The normalized spacial score (nSPS) is 22.4. The van der Waals surface area contributed by atoms with Crippen molar-refractivity contribution in [2.24, 2.45) is 0 Å². The highest BCUT2D eigenvalue weighted by molar-refractivity contribution is 5.91. The molecular weight excluding hydrogens is 385 g/mol. The van der Waals surface area contributed by atoms with Crippen LogP contribution < -0.4 is 5.32 Å². The molecular formula is C20H25F3N4O2. The van der Waals surface area contributed by atoms with Gasteiger partial charge in [-0.25, -0.2) is 9.97 Å². The number of fused-ring (bicyclic) bond motifs is 1. The second-order valence-electron chi connectivity index (χ2n) is 8.57. The molecule has 158 valence electrons. The van der Waals surface area contributed by atoms with Gasteiger partial charge in [-0.3, -0.25) is 14.7 Å². The number of carbonyl (C=O) groups excluding carboxylic acids is 1. The monoisotopic (exact) mass is 410 g/mol. The summed E-state index contributed by atoms with van der Waals surface area (Å²) in [6.45, 7) is 4.02. The van der Waals surface area contributed by atoms with Crippen molar-refractivity contribution in [3.63, 3.8) is 0 Å². The van der Waals surface area contributed by atoms with E-state index in [9.17, 15) is 18.0 Å². The predicted molar refractivity (Wildman–Crippen MR) is 101 cm³/mol. The maximum Gasteiger partial charge on any atom is 0.433 e. The van der Waals surface area contributed by atoms with Gasteiger partial charge in [-0.1, -0.05) is 0 Å². The van der Waals surface area contributed by atoms with E-state index in [-0.39, 0.29) is 41.7 Å². The van der Waals surface area contributed by atoms with Crippen LogP contribution in [-0.4, -0.2) is 32.1 Å². The number of alkyl halides is 3. The van der Waals surface area contributed by atoms with Crippen molar-refractivity contribution in [2.75, 3.05) is 5.32 Å². The first-order chi connectivity index (χ1) is 13.6. The number of amides is 1. The summed E-state index contributed by atoms with van der Waals surface area (Å²) in [5.74, 6) is 0.0104. The van der Waals surface area contributed by atoms with E-state index in [0.717, 1.165) is 44.6 Å². The van der Waals surface area contributed by atoms with Gasteiger partial charge in [0, 0.05) is 6.04 Å². The van der Waals surface area contributed by atoms with Gasteiger partial charge >= 0.3 is 6.18 Å². The van der Waals surface area contributed by atoms with Crippen LogP contribution >= 0.6 is 0 Å². The minimum absolute atomic E-state index is 0.00357. The fourth-order valence-corrected chi connectivity index (χ4v) is 4.06. The minimum atomic E-state index is -4.53. The van der Waals surface area contributed by atoms with Crippen molar-refractivity contribution < 1.29 is 22.7 Å². The van der Waals surface area contributed by atoms with Gasteiger partial charge in [0.2, 0.25) is 11.9 Å². The van der Waals surface area contributed by atoms with E-state index in [0.29, 0.717) is 5.52 Å². The van der Waals surface area contributed by atoms with E-state index in [1.54, 1.807) is 4.57 Å². The topological polar surface area (TPSA) is 69.0 Å². The fourth-order valence-electron chi connectivity index (χ4n) is 4.06. The lowest BCUT2D eigenvalue weighted by molar-refractivity contribution is -0.141. The SMILES string of the molecule is CC1(C)CCC[C@H](CC(=O)Nc2nc3ccc(C(F)(F)F)nc3n2C2CCC2)O1. The van der Waals surface area contributed by atoms with Crippen molar-refractivity contribution in [2.45, 2.75) is 82.7 Å². The molecule has 1 N–H and O–H groups in total. The van der Waals surface area contributed by atoms with Gasteiger partial charge in [0.25, 0.3) is 0 Å². The van der Waals surface area contributed by atoms with Crippen LogP contribution in [0.1, 0.15) is 70.5 Å². The van der Waals surface area contributed by atoms with Gasteiger partial charge in [0.1, 0.15) is 11.2 Å². The number of carbonyl (C=O) groups is 1. The van der Waals surface area contributed by atoms with Crippen molar-refractivity contribution in [1.82, 2.24) is 14.5 Å². The number of halogens is 3. The van der Waals surface area contributed by atoms with Crippen LogP contribution in [0, 0.1) is 0 Å². The molecule has 0 aromatic carbocycles. The number of nitrogens with zero attached hydrogens (tertiary/aromatic N) is 3. The molecule has 2 fully saturated rings. The Labute approximate surface area is 166 Å². The van der Waals surface area contributed by atoms with E-state index < -0.39 is 11.9 Å². The van der Waals surface area contributed by atoms with Crippen molar-refractivity contribution in [3.05, 3.63) is 17.8 Å². The molecule has 2 aromatic heterocycles. The Bertz CT molecular complexity index is 918. The molecule has 9 heteroatoms. The van der Waals surface area contributed by atoms with Crippen LogP contribution in [0.15, 0.2) is 12.1 Å². The lowest BCUT2D eigenvalue weighted by Crippen LogP contribution is -2.37. The fraction of sp³-hybridized carbons (Fsp3) is 0.650. The number of rotatable bonds is 4. The van der Waals surface area contributed by atoms with Crippen molar-refractivity contribution in [3.8, 4) is 0 Å². The van der Waals surface area contributed by atoms with Gasteiger partial charge in [-0.15, -0.1) is 0 Å². The summed E-state index contributed by atoms with van der Waals surface area (Å²) in [5.41, 5.74) is -0.702. The van der Waals surface area contributed by atoms with E-state index in [4.69, 9.17) is 4.74 Å². The van der Waals surface area contributed by atoms with Crippen LogP contribution in [0.4, 0.5) is 19.1 Å². The summed E-state index contributed by atoms with van der Waals surface area (Å²) in [5, 5.41) is 2.79. The van der Waals surface area contributed by atoms with E-state index in [1.807, 2.05) is 13.8 Å². The van der Waals surface area contributed by atoms with Crippen molar-refractivity contribution in [1.29, 1.82) is 0 Å². The van der Waals surface area contributed by atoms with Gasteiger partial charge in [0.15, 0.2) is 5.65 Å². The molecule has 1 aliphatic heterocycles. The molecule has 6 nitrogen and oxygen atoms in total. The Hall–Kier alpha value is -2.16. The zero-order valence-corrected chi connectivity index (χ0v) is 16.6. The molecule has 1 saturated heterocycles. The molecule has 0 bridgehead atoms. The summed E-state index contributed by atoms with van der Waals surface area (Å²) < 4.78 is 47.0. The lowest BCUT2D eigenvalue weighted by atomic mass is 9.93. The Balaban J connectivity index is 1.58. The van der Waals surface area contributed by atoms with Gasteiger partial charge in [-0.05, 0) is 64.5 Å². The zero-order chi connectivity index (χ0) is 20.8. The van der Waals surface area contributed by atoms with E-state index in [2.05, 4.69) is 15.3 Å². The van der Waals surface area contributed by atoms with Gasteiger partial charge in [-0.2, -0.15) is 13.2 Å². The second kappa shape index (κ2) is 7.27. The number of imidazole rings is 1. The molecule has 0 spiro atoms. The average Bonchev–Trinajstić information content (AvgIpc) is 2.88.